The highest BCUT2D eigenvalue weighted by Crippen LogP contribution is 2.27. The lowest BCUT2D eigenvalue weighted by Crippen LogP contribution is -2.06. The Morgan fingerprint density at radius 1 is 1.20 bits per heavy atom. The Bertz CT molecular complexity index is 896. The fourth-order valence-corrected chi connectivity index (χ4v) is 2.44. The fraction of sp³-hybridized carbons (Fsp3) is 0.294. The Morgan fingerprint density at radius 2 is 2.04 bits per heavy atom. The lowest BCUT2D eigenvalue weighted by atomic mass is 10.2. The van der Waals surface area contributed by atoms with Crippen molar-refractivity contribution in [2.24, 2.45) is 5.10 Å². The van der Waals surface area contributed by atoms with E-state index in [9.17, 15) is 0 Å². The van der Waals surface area contributed by atoms with E-state index in [0.29, 0.717) is 24.1 Å². The highest BCUT2D eigenvalue weighted by Gasteiger charge is 2.10. The fourth-order valence-electron chi connectivity index (χ4n) is 2.44. The molecule has 0 amide bonds. The summed E-state index contributed by atoms with van der Waals surface area (Å²) in [5.41, 5.74) is 2.74. The van der Waals surface area contributed by atoms with Gasteiger partial charge in [0.05, 0.1) is 25.6 Å². The number of aromatic nitrogens is 5. The predicted octanol–water partition coefficient (Wildman–Crippen LogP) is 2.37. The van der Waals surface area contributed by atoms with Crippen molar-refractivity contribution in [2.75, 3.05) is 13.7 Å². The molecule has 8 nitrogen and oxygen atoms in total. The second-order valence-electron chi connectivity index (χ2n) is 5.40. The van der Waals surface area contributed by atoms with Crippen molar-refractivity contribution in [2.45, 2.75) is 20.8 Å². The molecule has 0 fully saturated rings. The second-order valence-corrected chi connectivity index (χ2v) is 5.40. The minimum Gasteiger partial charge on any atom is -0.493 e. The predicted molar refractivity (Wildman–Crippen MR) is 93.8 cm³/mol. The Labute approximate surface area is 145 Å². The zero-order chi connectivity index (χ0) is 17.8. The molecule has 0 atom stereocenters. The van der Waals surface area contributed by atoms with Gasteiger partial charge in [-0.15, -0.1) is 10.2 Å². The van der Waals surface area contributed by atoms with Crippen molar-refractivity contribution in [1.29, 1.82) is 0 Å². The first kappa shape index (κ1) is 16.7. The van der Waals surface area contributed by atoms with Crippen LogP contribution in [0.2, 0.25) is 0 Å². The molecule has 2 aromatic heterocycles. The first-order valence-corrected chi connectivity index (χ1v) is 7.91. The van der Waals surface area contributed by atoms with Crippen molar-refractivity contribution < 1.29 is 9.47 Å². The molecule has 8 heteroatoms. The minimum atomic E-state index is 0.528. The number of hydrogen-bond donors (Lipinski definition) is 0. The molecule has 3 rings (SSSR count). The summed E-state index contributed by atoms with van der Waals surface area (Å²) in [6.45, 7) is 6.40. The summed E-state index contributed by atoms with van der Waals surface area (Å²) in [5.74, 6) is 1.89. The maximum atomic E-state index is 5.52. The van der Waals surface area contributed by atoms with Crippen molar-refractivity contribution in [1.82, 2.24) is 24.7 Å². The van der Waals surface area contributed by atoms with Gasteiger partial charge in [-0.25, -0.2) is 4.68 Å². The molecule has 0 aliphatic carbocycles. The molecule has 0 N–H and O–H groups in total. The third-order valence-electron chi connectivity index (χ3n) is 3.53. The minimum absolute atomic E-state index is 0.528. The molecule has 130 valence electrons. The summed E-state index contributed by atoms with van der Waals surface area (Å²) in [7, 11) is 1.61. The van der Waals surface area contributed by atoms with E-state index in [4.69, 9.17) is 9.47 Å². The van der Waals surface area contributed by atoms with E-state index in [0.717, 1.165) is 17.0 Å². The largest absolute Gasteiger partial charge is 0.493 e. The van der Waals surface area contributed by atoms with Crippen LogP contribution in [0, 0.1) is 13.8 Å². The molecule has 0 saturated heterocycles. The van der Waals surface area contributed by atoms with E-state index >= 15 is 0 Å². The van der Waals surface area contributed by atoms with Crippen molar-refractivity contribution in [3.05, 3.63) is 47.5 Å². The van der Waals surface area contributed by atoms with E-state index in [-0.39, 0.29) is 0 Å². The van der Waals surface area contributed by atoms with E-state index in [1.165, 1.54) is 6.33 Å². The molecule has 0 bridgehead atoms. The molecule has 0 aliphatic rings. The number of hydrogen-bond acceptors (Lipinski definition) is 6. The summed E-state index contributed by atoms with van der Waals surface area (Å²) >= 11 is 0. The van der Waals surface area contributed by atoms with Gasteiger partial charge in [-0.2, -0.15) is 14.9 Å². The van der Waals surface area contributed by atoms with Crippen LogP contribution in [-0.4, -0.2) is 44.6 Å². The van der Waals surface area contributed by atoms with E-state index in [1.54, 1.807) is 22.7 Å². The SMILES string of the molecule is CCOc1ccc(/C=N\n2cnnc2-n2nc(C)cc2C)cc1OC. The maximum absolute atomic E-state index is 5.52. The number of ether oxygens (including phenoxy) is 2. The van der Waals surface area contributed by atoms with Crippen molar-refractivity contribution >= 4 is 6.21 Å². The van der Waals surface area contributed by atoms with Gasteiger partial charge in [0, 0.05) is 5.69 Å². The third-order valence-corrected chi connectivity index (χ3v) is 3.53. The quantitative estimate of drug-likeness (QED) is 0.644. The molecule has 3 aromatic rings. The number of aryl methyl sites for hydroxylation is 2. The lowest BCUT2D eigenvalue weighted by molar-refractivity contribution is 0.311. The number of rotatable bonds is 6. The average Bonchev–Trinajstić information content (AvgIpc) is 3.19. The Kier molecular flexibility index (Phi) is 4.78. The number of benzene rings is 1. The van der Waals surface area contributed by atoms with Gasteiger partial charge in [0.25, 0.3) is 5.95 Å². The Hall–Kier alpha value is -3.16. The van der Waals surface area contributed by atoms with Crippen LogP contribution in [0.25, 0.3) is 5.95 Å². The molecule has 0 aliphatic heterocycles. The highest BCUT2D eigenvalue weighted by atomic mass is 16.5. The molecular formula is C17H20N6O2. The van der Waals surface area contributed by atoms with Crippen LogP contribution in [0.4, 0.5) is 0 Å². The monoisotopic (exact) mass is 340 g/mol. The summed E-state index contributed by atoms with van der Waals surface area (Å²) in [6, 6.07) is 7.60. The van der Waals surface area contributed by atoms with Gasteiger partial charge >= 0.3 is 0 Å². The highest BCUT2D eigenvalue weighted by molar-refractivity contribution is 5.80. The van der Waals surface area contributed by atoms with Crippen LogP contribution in [0.1, 0.15) is 23.9 Å². The zero-order valence-corrected chi connectivity index (χ0v) is 14.7. The van der Waals surface area contributed by atoms with Crippen LogP contribution in [-0.2, 0) is 0 Å². The topological polar surface area (TPSA) is 79.4 Å². The van der Waals surface area contributed by atoms with Crippen molar-refractivity contribution in [3.8, 4) is 17.4 Å². The number of methoxy groups -OCH3 is 1. The summed E-state index contributed by atoms with van der Waals surface area (Å²) in [5, 5.41) is 16.9. The average molecular weight is 340 g/mol. The van der Waals surface area contributed by atoms with Gasteiger partial charge in [0.15, 0.2) is 11.5 Å². The summed E-state index contributed by atoms with van der Waals surface area (Å²) < 4.78 is 14.2. The van der Waals surface area contributed by atoms with Gasteiger partial charge in [0.1, 0.15) is 6.33 Å². The molecule has 0 saturated carbocycles. The molecule has 0 radical (unpaired) electrons. The molecule has 0 spiro atoms. The standard InChI is InChI=1S/C17H20N6O2/c1-5-25-15-7-6-14(9-16(15)24-4)10-19-22-11-18-20-17(22)23-13(3)8-12(2)21-23/h6-11H,5H2,1-4H3/b19-10-. The zero-order valence-electron chi connectivity index (χ0n) is 14.7. The van der Waals surface area contributed by atoms with Crippen LogP contribution in [0.3, 0.4) is 0 Å². The Morgan fingerprint density at radius 3 is 2.72 bits per heavy atom. The first-order chi connectivity index (χ1) is 12.1. The van der Waals surface area contributed by atoms with E-state index in [1.807, 2.05) is 45.0 Å². The maximum Gasteiger partial charge on any atom is 0.273 e. The molecular weight excluding hydrogens is 320 g/mol. The summed E-state index contributed by atoms with van der Waals surface area (Å²) in [6.07, 6.45) is 3.24. The van der Waals surface area contributed by atoms with Gasteiger partial charge in [-0.3, -0.25) is 0 Å². The van der Waals surface area contributed by atoms with Gasteiger partial charge in [0.2, 0.25) is 0 Å². The normalized spacial score (nSPS) is 11.2. The van der Waals surface area contributed by atoms with Crippen LogP contribution in [0.15, 0.2) is 35.7 Å². The Balaban J connectivity index is 1.89. The number of nitrogens with zero attached hydrogens (tertiary/aromatic N) is 6. The first-order valence-electron chi connectivity index (χ1n) is 7.91. The van der Waals surface area contributed by atoms with Gasteiger partial charge < -0.3 is 9.47 Å². The van der Waals surface area contributed by atoms with Crippen LogP contribution < -0.4 is 9.47 Å². The second kappa shape index (κ2) is 7.16. The molecule has 0 unspecified atom stereocenters. The van der Waals surface area contributed by atoms with E-state index < -0.39 is 0 Å². The summed E-state index contributed by atoms with van der Waals surface area (Å²) in [4.78, 5) is 0. The molecule has 1 aromatic carbocycles. The van der Waals surface area contributed by atoms with Crippen LogP contribution in [0.5, 0.6) is 11.5 Å². The van der Waals surface area contributed by atoms with Gasteiger partial charge in [-0.05, 0) is 50.6 Å². The van der Waals surface area contributed by atoms with Crippen LogP contribution >= 0.6 is 0 Å². The lowest BCUT2D eigenvalue weighted by Gasteiger charge is -2.09. The molecule has 25 heavy (non-hydrogen) atoms. The van der Waals surface area contributed by atoms with Crippen molar-refractivity contribution in [3.63, 3.8) is 0 Å². The third kappa shape index (κ3) is 3.52. The van der Waals surface area contributed by atoms with E-state index in [2.05, 4.69) is 20.4 Å². The molecule has 2 heterocycles. The smallest absolute Gasteiger partial charge is 0.273 e. The van der Waals surface area contributed by atoms with Gasteiger partial charge in [-0.1, -0.05) is 0 Å².